The zero-order valence-electron chi connectivity index (χ0n) is 9.73. The summed E-state index contributed by atoms with van der Waals surface area (Å²) >= 11 is 11.9. The van der Waals surface area contributed by atoms with Crippen LogP contribution in [0.2, 0.25) is 5.02 Å². The van der Waals surface area contributed by atoms with Crippen molar-refractivity contribution in [2.45, 2.75) is 19.0 Å². The largest absolute Gasteiger partial charge is 0.352 e. The van der Waals surface area contributed by atoms with E-state index in [0.717, 1.165) is 0 Å². The number of halogens is 2. The summed E-state index contributed by atoms with van der Waals surface area (Å²) in [5.41, 5.74) is 0.668. The van der Waals surface area contributed by atoms with E-state index in [-0.39, 0.29) is 13.2 Å². The summed E-state index contributed by atoms with van der Waals surface area (Å²) in [6.45, 7) is 4.07. The zero-order valence-corrected chi connectivity index (χ0v) is 12.1. The molecule has 17 heavy (non-hydrogen) atoms. The van der Waals surface area contributed by atoms with Gasteiger partial charge in [0.05, 0.1) is 13.2 Å². The lowest BCUT2D eigenvalue weighted by atomic mass is 10.2. The molecule has 1 aromatic rings. The normalized spacial score (nSPS) is 13.6. The molecule has 0 amide bonds. The standard InChI is InChI=1S/C11H15Cl2O3P/c1-3-15-17(14,16-4-2)11(13)9-5-7-10(12)8-6-9/h5-8,11H,3-4H2,1-2H3. The van der Waals surface area contributed by atoms with Crippen LogP contribution in [0.25, 0.3) is 0 Å². The second kappa shape index (κ2) is 6.77. The highest BCUT2D eigenvalue weighted by Gasteiger charge is 2.35. The first-order valence-corrected chi connectivity index (χ1v) is 7.74. The lowest BCUT2D eigenvalue weighted by Gasteiger charge is -2.21. The van der Waals surface area contributed by atoms with Gasteiger partial charge in [-0.1, -0.05) is 23.7 Å². The van der Waals surface area contributed by atoms with Crippen LogP contribution in [0.3, 0.4) is 0 Å². The predicted molar refractivity (Wildman–Crippen MR) is 70.9 cm³/mol. The Morgan fingerprint density at radius 3 is 2.06 bits per heavy atom. The van der Waals surface area contributed by atoms with Crippen LogP contribution < -0.4 is 0 Å². The van der Waals surface area contributed by atoms with Gasteiger partial charge in [0.25, 0.3) is 0 Å². The van der Waals surface area contributed by atoms with E-state index in [1.54, 1.807) is 38.1 Å². The van der Waals surface area contributed by atoms with Gasteiger partial charge >= 0.3 is 7.60 Å². The molecule has 0 N–H and O–H groups in total. The van der Waals surface area contributed by atoms with Gasteiger partial charge in [-0.3, -0.25) is 4.57 Å². The summed E-state index contributed by atoms with van der Waals surface area (Å²) in [7, 11) is -3.33. The van der Waals surface area contributed by atoms with Crippen molar-refractivity contribution in [2.24, 2.45) is 0 Å². The average molecular weight is 297 g/mol. The minimum atomic E-state index is -3.33. The number of hydrogen-bond acceptors (Lipinski definition) is 3. The maximum Gasteiger partial charge on any atom is 0.352 e. The number of rotatable bonds is 6. The van der Waals surface area contributed by atoms with Crippen LogP contribution in [-0.4, -0.2) is 13.2 Å². The van der Waals surface area contributed by atoms with Crippen LogP contribution in [0.5, 0.6) is 0 Å². The van der Waals surface area contributed by atoms with Gasteiger partial charge in [-0.2, -0.15) is 0 Å². The Bertz CT molecular complexity index is 384. The molecule has 1 rings (SSSR count). The van der Waals surface area contributed by atoms with Crippen molar-refractivity contribution < 1.29 is 13.6 Å². The lowest BCUT2D eigenvalue weighted by molar-refractivity contribution is 0.218. The fraction of sp³-hybridized carbons (Fsp3) is 0.455. The number of hydrogen-bond donors (Lipinski definition) is 0. The molecular weight excluding hydrogens is 282 g/mol. The van der Waals surface area contributed by atoms with Gasteiger partial charge in [0.15, 0.2) is 5.12 Å². The van der Waals surface area contributed by atoms with E-state index >= 15 is 0 Å². The van der Waals surface area contributed by atoms with E-state index in [1.165, 1.54) is 0 Å². The molecule has 0 fully saturated rings. The highest BCUT2D eigenvalue weighted by atomic mass is 35.5. The van der Waals surface area contributed by atoms with Crippen LogP contribution in [0.1, 0.15) is 24.5 Å². The van der Waals surface area contributed by atoms with Gasteiger partial charge in [0.1, 0.15) is 0 Å². The molecule has 0 radical (unpaired) electrons. The zero-order chi connectivity index (χ0) is 12.9. The van der Waals surface area contributed by atoms with E-state index in [2.05, 4.69) is 0 Å². The van der Waals surface area contributed by atoms with Crippen LogP contribution in [-0.2, 0) is 13.6 Å². The molecule has 0 aromatic heterocycles. The summed E-state index contributed by atoms with van der Waals surface area (Å²) < 4.78 is 22.8. The Hall–Kier alpha value is -0.0500. The van der Waals surface area contributed by atoms with Crippen LogP contribution >= 0.6 is 30.8 Å². The highest BCUT2D eigenvalue weighted by molar-refractivity contribution is 7.56. The topological polar surface area (TPSA) is 35.5 Å². The van der Waals surface area contributed by atoms with E-state index in [1.807, 2.05) is 0 Å². The predicted octanol–water partition coefficient (Wildman–Crippen LogP) is 4.84. The SMILES string of the molecule is CCOP(=O)(OCC)C(Cl)c1ccc(Cl)cc1. The molecule has 0 aliphatic rings. The van der Waals surface area contributed by atoms with Crippen molar-refractivity contribution in [3.05, 3.63) is 34.9 Å². The molecule has 0 spiro atoms. The second-order valence-corrected chi connectivity index (χ2v) is 6.55. The maximum atomic E-state index is 12.4. The van der Waals surface area contributed by atoms with Crippen LogP contribution in [0, 0.1) is 0 Å². The van der Waals surface area contributed by atoms with E-state index in [0.29, 0.717) is 10.6 Å². The third-order valence-corrected chi connectivity index (χ3v) is 5.35. The molecule has 96 valence electrons. The Morgan fingerprint density at radius 1 is 1.18 bits per heavy atom. The smallest absolute Gasteiger partial charge is 0.308 e. The lowest BCUT2D eigenvalue weighted by Crippen LogP contribution is -2.02. The average Bonchev–Trinajstić information content (AvgIpc) is 2.30. The molecule has 0 saturated carbocycles. The highest BCUT2D eigenvalue weighted by Crippen LogP contribution is 2.62. The van der Waals surface area contributed by atoms with Gasteiger partial charge in [-0.15, -0.1) is 11.6 Å². The van der Waals surface area contributed by atoms with Crippen LogP contribution in [0.4, 0.5) is 0 Å². The number of benzene rings is 1. The third-order valence-electron chi connectivity index (χ3n) is 2.04. The first kappa shape index (κ1) is 15.0. The molecule has 1 atom stereocenters. The molecule has 0 aliphatic heterocycles. The van der Waals surface area contributed by atoms with E-state index in [4.69, 9.17) is 32.2 Å². The van der Waals surface area contributed by atoms with Crippen molar-refractivity contribution >= 4 is 30.8 Å². The minimum Gasteiger partial charge on any atom is -0.308 e. The van der Waals surface area contributed by atoms with Crippen molar-refractivity contribution in [1.29, 1.82) is 0 Å². The Labute approximate surface area is 112 Å². The second-order valence-electron chi connectivity index (χ2n) is 3.26. The summed E-state index contributed by atoms with van der Waals surface area (Å²) in [4.78, 5) is 0. The molecule has 3 nitrogen and oxygen atoms in total. The van der Waals surface area contributed by atoms with Gasteiger partial charge in [-0.05, 0) is 31.5 Å². The summed E-state index contributed by atoms with van der Waals surface area (Å²) in [6, 6.07) is 6.80. The maximum absolute atomic E-state index is 12.4. The summed E-state index contributed by atoms with van der Waals surface area (Å²) in [6.07, 6.45) is 0. The third kappa shape index (κ3) is 3.97. The first-order chi connectivity index (χ1) is 8.03. The van der Waals surface area contributed by atoms with Crippen molar-refractivity contribution in [3.8, 4) is 0 Å². The Balaban J connectivity index is 2.95. The minimum absolute atomic E-state index is 0.286. The quantitative estimate of drug-likeness (QED) is 0.556. The molecule has 0 bridgehead atoms. The molecule has 1 unspecified atom stereocenters. The molecule has 0 heterocycles. The fourth-order valence-corrected chi connectivity index (χ4v) is 3.54. The molecular formula is C11H15Cl2O3P. The fourth-order valence-electron chi connectivity index (χ4n) is 1.33. The Morgan fingerprint density at radius 2 is 1.65 bits per heavy atom. The molecule has 0 saturated heterocycles. The monoisotopic (exact) mass is 296 g/mol. The summed E-state index contributed by atoms with van der Waals surface area (Å²) in [5.74, 6) is 0. The molecule has 1 aromatic carbocycles. The van der Waals surface area contributed by atoms with Gasteiger partial charge < -0.3 is 9.05 Å². The molecule has 6 heteroatoms. The van der Waals surface area contributed by atoms with Crippen LogP contribution in [0.15, 0.2) is 24.3 Å². The summed E-state index contributed by atoms with van der Waals surface area (Å²) in [5, 5.41) is -0.222. The van der Waals surface area contributed by atoms with Crippen molar-refractivity contribution in [3.63, 3.8) is 0 Å². The van der Waals surface area contributed by atoms with Gasteiger partial charge in [0.2, 0.25) is 0 Å². The van der Waals surface area contributed by atoms with Gasteiger partial charge in [0, 0.05) is 5.02 Å². The Kier molecular flexibility index (Phi) is 5.98. The van der Waals surface area contributed by atoms with Crippen molar-refractivity contribution in [1.82, 2.24) is 0 Å². The van der Waals surface area contributed by atoms with Crippen molar-refractivity contribution in [2.75, 3.05) is 13.2 Å². The number of alkyl halides is 1. The van der Waals surface area contributed by atoms with E-state index in [9.17, 15) is 4.57 Å². The first-order valence-electron chi connectivity index (χ1n) is 5.31. The van der Waals surface area contributed by atoms with E-state index < -0.39 is 12.7 Å². The molecule has 0 aliphatic carbocycles. The van der Waals surface area contributed by atoms with Gasteiger partial charge in [-0.25, -0.2) is 0 Å².